The molecular weight excluding hydrogens is 629 g/mol. The lowest BCUT2D eigenvalue weighted by Crippen LogP contribution is -2.53. The van der Waals surface area contributed by atoms with Crippen LogP contribution in [0.3, 0.4) is 0 Å². The first-order valence-electron chi connectivity index (χ1n) is 14.5. The second-order valence-electron chi connectivity index (χ2n) is 11.0. The van der Waals surface area contributed by atoms with E-state index in [1.165, 1.54) is 24.9 Å². The maximum absolute atomic E-state index is 13.7. The van der Waals surface area contributed by atoms with Crippen molar-refractivity contribution in [2.75, 3.05) is 26.2 Å². The van der Waals surface area contributed by atoms with E-state index in [1.807, 2.05) is 6.92 Å². The normalized spacial score (nSPS) is 18.1. The number of carbonyl (C=O) groups is 3. The van der Waals surface area contributed by atoms with Gasteiger partial charge >= 0.3 is 6.18 Å². The third-order valence-electron chi connectivity index (χ3n) is 7.47. The number of fused-ring (bicyclic) bond motifs is 5. The molecule has 5 rings (SSSR count). The van der Waals surface area contributed by atoms with Gasteiger partial charge in [-0.2, -0.15) is 18.3 Å². The summed E-state index contributed by atoms with van der Waals surface area (Å²) in [7, 11) is 1.38. The average molecular weight is 663 g/mol. The number of aromatic nitrogens is 5. The Hall–Kier alpha value is -4.51. The molecule has 0 spiro atoms. The first-order valence-corrected chi connectivity index (χ1v) is 15.4. The molecule has 13 nitrogen and oxygen atoms in total. The molecule has 0 aliphatic carbocycles. The molecule has 0 saturated carbocycles. The van der Waals surface area contributed by atoms with Gasteiger partial charge in [-0.3, -0.25) is 23.7 Å². The number of rotatable bonds is 2. The summed E-state index contributed by atoms with van der Waals surface area (Å²) in [4.78, 5) is 41.5. The van der Waals surface area contributed by atoms with E-state index in [0.717, 1.165) is 21.6 Å². The number of hydrogen-bond acceptors (Lipinski definition) is 9. The van der Waals surface area contributed by atoms with Crippen molar-refractivity contribution in [3.63, 3.8) is 0 Å². The van der Waals surface area contributed by atoms with Crippen molar-refractivity contribution in [1.29, 1.82) is 0 Å². The van der Waals surface area contributed by atoms with E-state index in [9.17, 15) is 32.7 Å². The van der Waals surface area contributed by atoms with Gasteiger partial charge < -0.3 is 25.4 Å². The SMILES string of the molecule is Cc1ccc2cc1OCCCn1cc(nn1)CCN(C(=O)c1cc3c(C(F)(F)F)nn(C)c3s1)CCNC(=O)[C@H]([C@@H](C)O)NC2=O. The standard InChI is InChI=1S/C29H33F3N8O5S/c1-16-5-6-18-13-21(16)45-12-4-9-40-15-19(35-37-40)7-10-39(11-8-33-26(43)23(17(2)41)34-25(18)42)27(44)22-14-20-24(29(30,31)32)36-38(3)28(20)46-22/h5-6,13-15,17,23,41H,4,7-12H2,1-3H3,(H,33,43)(H,34,42)/t17-,23+/m1/s1. The third kappa shape index (κ3) is 7.31. The Bertz CT molecular complexity index is 1750. The van der Waals surface area contributed by atoms with E-state index in [0.29, 0.717) is 31.0 Å². The molecule has 17 heteroatoms. The maximum Gasteiger partial charge on any atom is 0.435 e. The molecule has 0 radical (unpaired) electrons. The summed E-state index contributed by atoms with van der Waals surface area (Å²) in [6, 6.07) is 4.75. The first kappa shape index (κ1) is 32.9. The van der Waals surface area contributed by atoms with Gasteiger partial charge in [0.15, 0.2) is 5.69 Å². The van der Waals surface area contributed by atoms with Gasteiger partial charge in [0, 0.05) is 63.2 Å². The van der Waals surface area contributed by atoms with Crippen LogP contribution >= 0.6 is 11.3 Å². The van der Waals surface area contributed by atoms with Crippen LogP contribution in [-0.2, 0) is 31.0 Å². The Morgan fingerprint density at radius 1 is 1.20 bits per heavy atom. The summed E-state index contributed by atoms with van der Waals surface area (Å²) in [6.45, 7) is 4.06. The minimum Gasteiger partial charge on any atom is -0.493 e. The molecule has 0 unspecified atom stereocenters. The quantitative estimate of drug-likeness (QED) is 0.295. The minimum absolute atomic E-state index is 0.0174. The molecule has 4 aromatic rings. The fourth-order valence-corrected chi connectivity index (χ4v) is 6.04. The van der Waals surface area contributed by atoms with Gasteiger partial charge in [0.2, 0.25) is 5.91 Å². The van der Waals surface area contributed by atoms with Gasteiger partial charge in [-0.05, 0) is 37.6 Å². The Balaban J connectivity index is 1.40. The van der Waals surface area contributed by atoms with Gasteiger partial charge in [-0.15, -0.1) is 16.4 Å². The lowest BCUT2D eigenvalue weighted by molar-refractivity contribution is -0.140. The zero-order chi connectivity index (χ0) is 33.2. The van der Waals surface area contributed by atoms with Crippen LogP contribution in [-0.4, -0.2) is 90.9 Å². The Morgan fingerprint density at radius 2 is 1.98 bits per heavy atom. The Kier molecular flexibility index (Phi) is 9.62. The van der Waals surface area contributed by atoms with E-state index in [2.05, 4.69) is 26.0 Å². The number of hydrogen-bond donors (Lipinski definition) is 3. The van der Waals surface area contributed by atoms with Crippen molar-refractivity contribution in [3.8, 4) is 5.75 Å². The topological polar surface area (TPSA) is 156 Å². The molecule has 3 amide bonds. The summed E-state index contributed by atoms with van der Waals surface area (Å²) in [6.07, 6.45) is -3.34. The second-order valence-corrected chi connectivity index (χ2v) is 12.0. The average Bonchev–Trinajstić information content (AvgIpc) is 3.72. The molecular formula is C29H33F3N8O5S. The number of aliphatic hydroxyl groups is 1. The van der Waals surface area contributed by atoms with Gasteiger partial charge in [0.1, 0.15) is 16.6 Å². The predicted octanol–water partition coefficient (Wildman–Crippen LogP) is 2.32. The van der Waals surface area contributed by atoms with Crippen LogP contribution in [0.1, 0.15) is 50.3 Å². The highest BCUT2D eigenvalue weighted by Crippen LogP contribution is 2.37. The fourth-order valence-electron chi connectivity index (χ4n) is 5.00. The van der Waals surface area contributed by atoms with Crippen molar-refractivity contribution in [2.24, 2.45) is 7.05 Å². The van der Waals surface area contributed by atoms with Crippen LogP contribution < -0.4 is 15.4 Å². The van der Waals surface area contributed by atoms with Crippen LogP contribution in [0.25, 0.3) is 10.2 Å². The van der Waals surface area contributed by atoms with Crippen LogP contribution in [0.4, 0.5) is 13.2 Å². The zero-order valence-electron chi connectivity index (χ0n) is 25.3. The summed E-state index contributed by atoms with van der Waals surface area (Å²) >= 11 is 0.888. The van der Waals surface area contributed by atoms with E-state index in [-0.39, 0.29) is 46.7 Å². The fraction of sp³-hybridized carbons (Fsp3) is 0.448. The smallest absolute Gasteiger partial charge is 0.435 e. The number of ether oxygens (including phenoxy) is 1. The number of aliphatic hydroxyl groups excluding tert-OH is 1. The Morgan fingerprint density at radius 3 is 2.72 bits per heavy atom. The highest BCUT2D eigenvalue weighted by atomic mass is 32.1. The zero-order valence-corrected chi connectivity index (χ0v) is 26.1. The molecule has 3 N–H and O–H groups in total. The molecule has 1 aliphatic rings. The molecule has 46 heavy (non-hydrogen) atoms. The summed E-state index contributed by atoms with van der Waals surface area (Å²) in [5.74, 6) is -1.30. The first-order chi connectivity index (χ1) is 21.8. The van der Waals surface area contributed by atoms with Gasteiger partial charge in [-0.25, -0.2) is 0 Å². The van der Waals surface area contributed by atoms with Crippen LogP contribution in [0, 0.1) is 6.92 Å². The van der Waals surface area contributed by atoms with Crippen molar-refractivity contribution in [1.82, 2.24) is 40.3 Å². The van der Waals surface area contributed by atoms with E-state index in [4.69, 9.17) is 4.74 Å². The molecule has 0 fully saturated rings. The molecule has 1 aromatic carbocycles. The number of nitrogens with one attached hydrogen (secondary N) is 2. The Labute approximate surface area is 265 Å². The number of halogens is 3. The van der Waals surface area contributed by atoms with Crippen molar-refractivity contribution < 1.29 is 37.4 Å². The van der Waals surface area contributed by atoms with Crippen LogP contribution in [0.5, 0.6) is 5.75 Å². The number of alkyl halides is 3. The van der Waals surface area contributed by atoms with Gasteiger partial charge in [0.05, 0.1) is 23.3 Å². The molecule has 1 aliphatic heterocycles. The maximum atomic E-state index is 13.7. The number of carbonyl (C=O) groups excluding carboxylic acids is 3. The van der Waals surface area contributed by atoms with Crippen molar-refractivity contribution in [3.05, 3.63) is 57.9 Å². The van der Waals surface area contributed by atoms with Crippen molar-refractivity contribution >= 4 is 39.3 Å². The summed E-state index contributed by atoms with van der Waals surface area (Å²) in [5, 5.41) is 27.2. The molecule has 4 heterocycles. The summed E-state index contributed by atoms with van der Waals surface area (Å²) in [5.41, 5.74) is 0.573. The van der Waals surface area contributed by atoms with E-state index >= 15 is 0 Å². The number of aryl methyl sites for hydroxylation is 3. The largest absolute Gasteiger partial charge is 0.493 e. The van der Waals surface area contributed by atoms with E-state index in [1.54, 1.807) is 29.1 Å². The van der Waals surface area contributed by atoms with E-state index < -0.39 is 41.7 Å². The molecule has 2 atom stereocenters. The lowest BCUT2D eigenvalue weighted by atomic mass is 10.1. The highest BCUT2D eigenvalue weighted by Gasteiger charge is 2.38. The molecule has 0 saturated heterocycles. The van der Waals surface area contributed by atoms with Crippen molar-refractivity contribution in [2.45, 2.75) is 51.6 Å². The molecule has 246 valence electrons. The number of benzene rings is 1. The highest BCUT2D eigenvalue weighted by molar-refractivity contribution is 7.20. The lowest BCUT2D eigenvalue weighted by Gasteiger charge is -2.24. The third-order valence-corrected chi connectivity index (χ3v) is 8.66. The molecule has 3 aromatic heterocycles. The van der Waals surface area contributed by atoms with Gasteiger partial charge in [-0.1, -0.05) is 11.3 Å². The number of nitrogens with zero attached hydrogens (tertiary/aromatic N) is 6. The molecule has 4 bridgehead atoms. The van der Waals surface area contributed by atoms with Crippen LogP contribution in [0.2, 0.25) is 0 Å². The predicted molar refractivity (Wildman–Crippen MR) is 160 cm³/mol. The number of amides is 3. The van der Waals surface area contributed by atoms with Gasteiger partial charge in [0.25, 0.3) is 11.8 Å². The number of thiophene rings is 1. The summed E-state index contributed by atoms with van der Waals surface area (Å²) < 4.78 is 49.4. The monoisotopic (exact) mass is 662 g/mol. The van der Waals surface area contributed by atoms with Crippen LogP contribution in [0.15, 0.2) is 30.5 Å². The minimum atomic E-state index is -4.70. The second kappa shape index (κ2) is 13.5.